The number of nitrogens with zero attached hydrogens (tertiary/aromatic N) is 1. The third kappa shape index (κ3) is 2.72. The third-order valence-corrected chi connectivity index (χ3v) is 4.93. The Bertz CT molecular complexity index is 497. The molecule has 0 atom stereocenters. The van der Waals surface area contributed by atoms with Gasteiger partial charge in [-0.3, -0.25) is 0 Å². The molecule has 0 heterocycles. The van der Waals surface area contributed by atoms with E-state index in [9.17, 15) is 8.42 Å². The summed E-state index contributed by atoms with van der Waals surface area (Å²) >= 11 is 3.34. The molecule has 0 aromatic heterocycles. The molecule has 1 rings (SSSR count). The van der Waals surface area contributed by atoms with E-state index in [1.807, 2.05) is 6.92 Å². The predicted octanol–water partition coefficient (Wildman–Crippen LogP) is 2.56. The largest absolute Gasteiger partial charge is 0.243 e. The van der Waals surface area contributed by atoms with Crippen molar-refractivity contribution in [1.29, 1.82) is 0 Å². The summed E-state index contributed by atoms with van der Waals surface area (Å²) in [6.07, 6.45) is 1.56. The van der Waals surface area contributed by atoms with Crippen molar-refractivity contribution >= 4 is 26.0 Å². The van der Waals surface area contributed by atoms with Crippen molar-refractivity contribution in [3.63, 3.8) is 0 Å². The van der Waals surface area contributed by atoms with Gasteiger partial charge in [0, 0.05) is 18.1 Å². The minimum atomic E-state index is -3.40. The average molecular weight is 304 g/mol. The van der Waals surface area contributed by atoms with E-state index in [-0.39, 0.29) is 0 Å². The zero-order chi connectivity index (χ0) is 12.3. The summed E-state index contributed by atoms with van der Waals surface area (Å²) in [5, 5.41) is 0. The van der Waals surface area contributed by atoms with Gasteiger partial charge in [0.05, 0.1) is 4.90 Å². The van der Waals surface area contributed by atoms with Gasteiger partial charge in [0.2, 0.25) is 10.0 Å². The number of benzene rings is 1. The fourth-order valence-electron chi connectivity index (χ4n) is 1.24. The van der Waals surface area contributed by atoms with Crippen molar-refractivity contribution in [2.75, 3.05) is 13.6 Å². The van der Waals surface area contributed by atoms with E-state index in [0.29, 0.717) is 11.4 Å². The highest BCUT2D eigenvalue weighted by Gasteiger charge is 2.19. The summed E-state index contributed by atoms with van der Waals surface area (Å²) in [5.41, 5.74) is 0.896. The van der Waals surface area contributed by atoms with Crippen LogP contribution in [-0.4, -0.2) is 26.3 Å². The first kappa shape index (κ1) is 13.4. The Balaban J connectivity index is 3.17. The summed E-state index contributed by atoms with van der Waals surface area (Å²) in [4.78, 5) is 0.303. The standard InChI is InChI=1S/C11H14BrNO2S/c1-4-7-13(3)16(14,15)10-5-6-11(12)9(2)8-10/h4-6,8H,1,7H2,2-3H3. The van der Waals surface area contributed by atoms with Gasteiger partial charge in [-0.05, 0) is 30.7 Å². The van der Waals surface area contributed by atoms with Gasteiger partial charge in [-0.2, -0.15) is 4.31 Å². The van der Waals surface area contributed by atoms with Gasteiger partial charge in [0.15, 0.2) is 0 Å². The van der Waals surface area contributed by atoms with E-state index in [1.165, 1.54) is 11.4 Å². The molecule has 0 bridgehead atoms. The van der Waals surface area contributed by atoms with E-state index >= 15 is 0 Å². The molecule has 3 nitrogen and oxygen atoms in total. The molecule has 1 aromatic carbocycles. The molecule has 88 valence electrons. The fraction of sp³-hybridized carbons (Fsp3) is 0.273. The van der Waals surface area contributed by atoms with Gasteiger partial charge in [-0.25, -0.2) is 8.42 Å². The highest BCUT2D eigenvalue weighted by Crippen LogP contribution is 2.21. The molecule has 0 spiro atoms. The Morgan fingerprint density at radius 1 is 1.50 bits per heavy atom. The van der Waals surface area contributed by atoms with Crippen molar-refractivity contribution in [3.05, 3.63) is 40.9 Å². The van der Waals surface area contributed by atoms with Gasteiger partial charge in [0.25, 0.3) is 0 Å². The molecule has 0 N–H and O–H groups in total. The summed E-state index contributed by atoms with van der Waals surface area (Å²) in [6, 6.07) is 4.98. The van der Waals surface area contributed by atoms with Crippen LogP contribution in [0.4, 0.5) is 0 Å². The summed E-state index contributed by atoms with van der Waals surface area (Å²) in [5.74, 6) is 0. The molecule has 0 saturated carbocycles. The zero-order valence-corrected chi connectivity index (χ0v) is 11.7. The molecule has 16 heavy (non-hydrogen) atoms. The normalized spacial score (nSPS) is 11.8. The van der Waals surface area contributed by atoms with Crippen LogP contribution in [0.15, 0.2) is 40.2 Å². The van der Waals surface area contributed by atoms with Crippen LogP contribution in [0.1, 0.15) is 5.56 Å². The van der Waals surface area contributed by atoms with Crippen LogP contribution in [0.25, 0.3) is 0 Å². The number of hydrogen-bond acceptors (Lipinski definition) is 2. The zero-order valence-electron chi connectivity index (χ0n) is 9.27. The van der Waals surface area contributed by atoms with Gasteiger partial charge in [0.1, 0.15) is 0 Å². The lowest BCUT2D eigenvalue weighted by molar-refractivity contribution is 0.499. The van der Waals surface area contributed by atoms with Gasteiger partial charge < -0.3 is 0 Å². The number of aryl methyl sites for hydroxylation is 1. The van der Waals surface area contributed by atoms with E-state index in [0.717, 1.165) is 10.0 Å². The van der Waals surface area contributed by atoms with Crippen LogP contribution in [0, 0.1) is 6.92 Å². The molecule has 1 aromatic rings. The Labute approximate surface area is 105 Å². The summed E-state index contributed by atoms with van der Waals surface area (Å²) in [6.45, 7) is 5.69. The quantitative estimate of drug-likeness (QED) is 0.802. The second-order valence-corrected chi connectivity index (χ2v) is 6.38. The maximum atomic E-state index is 12.0. The second kappa shape index (κ2) is 5.12. The van der Waals surface area contributed by atoms with Crippen LogP contribution < -0.4 is 0 Å². The Hall–Kier alpha value is -0.650. The first-order valence-corrected chi connectivity index (χ1v) is 6.96. The van der Waals surface area contributed by atoms with Crippen LogP contribution in [0.5, 0.6) is 0 Å². The van der Waals surface area contributed by atoms with Gasteiger partial charge in [-0.1, -0.05) is 22.0 Å². The second-order valence-electron chi connectivity index (χ2n) is 3.49. The minimum Gasteiger partial charge on any atom is -0.207 e. The summed E-state index contributed by atoms with van der Waals surface area (Å²) < 4.78 is 26.3. The van der Waals surface area contributed by atoms with Crippen molar-refractivity contribution in [2.24, 2.45) is 0 Å². The molecule has 0 radical (unpaired) electrons. The lowest BCUT2D eigenvalue weighted by Gasteiger charge is -2.15. The predicted molar refractivity (Wildman–Crippen MR) is 68.9 cm³/mol. The molecular formula is C11H14BrNO2S. The molecule has 0 aliphatic heterocycles. The smallest absolute Gasteiger partial charge is 0.207 e. The highest BCUT2D eigenvalue weighted by molar-refractivity contribution is 9.10. The lowest BCUT2D eigenvalue weighted by Crippen LogP contribution is -2.27. The number of rotatable bonds is 4. The van der Waals surface area contributed by atoms with Crippen molar-refractivity contribution < 1.29 is 8.42 Å². The molecule has 0 fully saturated rings. The first-order valence-electron chi connectivity index (χ1n) is 4.73. The molecule has 0 aliphatic carbocycles. The number of likely N-dealkylation sites (N-methyl/N-ethyl adjacent to an activating group) is 1. The average Bonchev–Trinajstić information content (AvgIpc) is 2.22. The van der Waals surface area contributed by atoms with Gasteiger partial charge >= 0.3 is 0 Å². The number of sulfonamides is 1. The maximum absolute atomic E-state index is 12.0. The van der Waals surface area contributed by atoms with Crippen LogP contribution in [0.2, 0.25) is 0 Å². The Morgan fingerprint density at radius 2 is 2.12 bits per heavy atom. The van der Waals surface area contributed by atoms with Crippen LogP contribution in [0.3, 0.4) is 0 Å². The molecular weight excluding hydrogens is 290 g/mol. The Kier molecular flexibility index (Phi) is 4.29. The SMILES string of the molecule is C=CCN(C)S(=O)(=O)c1ccc(Br)c(C)c1. The van der Waals surface area contributed by atoms with Crippen LogP contribution in [-0.2, 0) is 10.0 Å². The van der Waals surface area contributed by atoms with Crippen molar-refractivity contribution in [3.8, 4) is 0 Å². The molecule has 0 aliphatic rings. The molecule has 5 heteroatoms. The van der Waals surface area contributed by atoms with Crippen LogP contribution >= 0.6 is 15.9 Å². The maximum Gasteiger partial charge on any atom is 0.243 e. The highest BCUT2D eigenvalue weighted by atomic mass is 79.9. The minimum absolute atomic E-state index is 0.303. The lowest BCUT2D eigenvalue weighted by atomic mass is 10.2. The monoisotopic (exact) mass is 303 g/mol. The van der Waals surface area contributed by atoms with E-state index in [4.69, 9.17) is 0 Å². The van der Waals surface area contributed by atoms with Crippen molar-refractivity contribution in [2.45, 2.75) is 11.8 Å². The van der Waals surface area contributed by atoms with Crippen molar-refractivity contribution in [1.82, 2.24) is 4.31 Å². The van der Waals surface area contributed by atoms with E-state index < -0.39 is 10.0 Å². The fourth-order valence-corrected chi connectivity index (χ4v) is 2.71. The molecule has 0 saturated heterocycles. The van der Waals surface area contributed by atoms with E-state index in [2.05, 4.69) is 22.5 Å². The third-order valence-electron chi connectivity index (χ3n) is 2.22. The number of halogens is 1. The first-order chi connectivity index (χ1) is 7.39. The molecule has 0 unspecified atom stereocenters. The Morgan fingerprint density at radius 3 is 2.62 bits per heavy atom. The number of hydrogen-bond donors (Lipinski definition) is 0. The van der Waals surface area contributed by atoms with Gasteiger partial charge in [-0.15, -0.1) is 6.58 Å². The van der Waals surface area contributed by atoms with E-state index in [1.54, 1.807) is 24.3 Å². The summed E-state index contributed by atoms with van der Waals surface area (Å²) in [7, 11) is -1.86. The topological polar surface area (TPSA) is 37.4 Å². The molecule has 0 amide bonds.